The fraction of sp³-hybridized carbons (Fsp3) is 0.250. The molecule has 0 aliphatic carbocycles. The molecule has 0 saturated carbocycles. The summed E-state index contributed by atoms with van der Waals surface area (Å²) in [5.41, 5.74) is 0.0301. The number of rotatable bonds is 5. The number of halogens is 2. The molecule has 0 saturated heterocycles. The summed E-state index contributed by atoms with van der Waals surface area (Å²) in [6.45, 7) is 0. The lowest BCUT2D eigenvalue weighted by Crippen LogP contribution is -2.34. The predicted octanol–water partition coefficient (Wildman–Crippen LogP) is 2.38. The fourth-order valence-electron chi connectivity index (χ4n) is 1.34. The number of benzene rings is 1. The molecule has 0 fully saturated rings. The van der Waals surface area contributed by atoms with Crippen LogP contribution in [0.5, 0.6) is 0 Å². The van der Waals surface area contributed by atoms with Gasteiger partial charge in [0, 0.05) is 12.8 Å². The zero-order valence-electron chi connectivity index (χ0n) is 10.3. The third-order valence-corrected chi connectivity index (χ3v) is 2.55. The second-order valence-corrected chi connectivity index (χ2v) is 4.28. The summed E-state index contributed by atoms with van der Waals surface area (Å²) in [6, 6.07) is 2.54. The van der Waals surface area contributed by atoms with Crippen LogP contribution < -0.4 is 10.6 Å². The van der Waals surface area contributed by atoms with Gasteiger partial charge in [0.15, 0.2) is 0 Å². The van der Waals surface area contributed by atoms with Crippen molar-refractivity contribution < 1.29 is 23.9 Å². The number of aliphatic carboxylic acids is 1. The van der Waals surface area contributed by atoms with Gasteiger partial charge in [-0.25, -0.2) is 9.18 Å². The van der Waals surface area contributed by atoms with Gasteiger partial charge in [0.05, 0.1) is 10.7 Å². The molecule has 0 heterocycles. The van der Waals surface area contributed by atoms with Crippen molar-refractivity contribution >= 4 is 35.2 Å². The van der Waals surface area contributed by atoms with Crippen molar-refractivity contribution in [3.63, 3.8) is 0 Å². The van der Waals surface area contributed by atoms with Gasteiger partial charge in [-0.05, 0) is 24.6 Å². The Morgan fingerprint density at radius 2 is 1.95 bits per heavy atom. The third kappa shape index (κ3) is 5.66. The molecule has 1 aromatic carbocycles. The molecule has 3 amide bonds. The molecule has 0 aromatic heterocycles. The van der Waals surface area contributed by atoms with Crippen molar-refractivity contribution in [2.45, 2.75) is 19.3 Å². The molecule has 0 radical (unpaired) electrons. The summed E-state index contributed by atoms with van der Waals surface area (Å²) in [5, 5.41) is 12.7. The maximum absolute atomic E-state index is 12.9. The third-order valence-electron chi connectivity index (χ3n) is 2.22. The number of carboxylic acids is 1. The van der Waals surface area contributed by atoms with E-state index in [0.29, 0.717) is 0 Å². The van der Waals surface area contributed by atoms with Gasteiger partial charge in [-0.15, -0.1) is 0 Å². The van der Waals surface area contributed by atoms with Gasteiger partial charge in [0.25, 0.3) is 0 Å². The van der Waals surface area contributed by atoms with E-state index in [1.54, 1.807) is 0 Å². The molecular formula is C12H12ClFN2O4. The van der Waals surface area contributed by atoms with E-state index in [9.17, 15) is 18.8 Å². The van der Waals surface area contributed by atoms with Crippen LogP contribution in [0.25, 0.3) is 0 Å². The molecule has 1 rings (SSSR count). The van der Waals surface area contributed by atoms with E-state index in [-0.39, 0.29) is 30.0 Å². The monoisotopic (exact) mass is 302 g/mol. The van der Waals surface area contributed by atoms with E-state index >= 15 is 0 Å². The second kappa shape index (κ2) is 7.44. The minimum atomic E-state index is -1.02. The van der Waals surface area contributed by atoms with Gasteiger partial charge in [-0.3, -0.25) is 14.9 Å². The van der Waals surface area contributed by atoms with Crippen LogP contribution in [0.2, 0.25) is 5.02 Å². The molecule has 8 heteroatoms. The Kier molecular flexibility index (Phi) is 5.92. The number of carbonyl (C=O) groups excluding carboxylic acids is 2. The van der Waals surface area contributed by atoms with Crippen molar-refractivity contribution in [3.8, 4) is 0 Å². The lowest BCUT2D eigenvalue weighted by Gasteiger charge is -2.08. The van der Waals surface area contributed by atoms with E-state index in [1.807, 2.05) is 5.32 Å². The Balaban J connectivity index is 2.45. The largest absolute Gasteiger partial charge is 0.481 e. The number of hydrogen-bond acceptors (Lipinski definition) is 3. The van der Waals surface area contributed by atoms with E-state index in [0.717, 1.165) is 12.1 Å². The number of carbonyl (C=O) groups is 3. The minimum absolute atomic E-state index is 0.0301. The van der Waals surface area contributed by atoms with Crippen LogP contribution in [-0.4, -0.2) is 23.0 Å². The quantitative estimate of drug-likeness (QED) is 0.778. The van der Waals surface area contributed by atoms with E-state index < -0.39 is 23.7 Å². The Morgan fingerprint density at radius 3 is 2.60 bits per heavy atom. The molecule has 0 aliphatic rings. The minimum Gasteiger partial charge on any atom is -0.481 e. The molecule has 0 atom stereocenters. The van der Waals surface area contributed by atoms with E-state index in [1.165, 1.54) is 6.07 Å². The van der Waals surface area contributed by atoms with Crippen molar-refractivity contribution in [1.29, 1.82) is 0 Å². The number of carboxylic acid groups (broad SMARTS) is 1. The average Bonchev–Trinajstić information content (AvgIpc) is 2.33. The Hall–Kier alpha value is -2.15. The lowest BCUT2D eigenvalue weighted by molar-refractivity contribution is -0.137. The molecule has 0 aliphatic heterocycles. The van der Waals surface area contributed by atoms with Crippen molar-refractivity contribution in [1.82, 2.24) is 5.32 Å². The number of nitrogens with one attached hydrogen (secondary N) is 2. The van der Waals surface area contributed by atoms with Crippen LogP contribution in [0.1, 0.15) is 19.3 Å². The summed E-state index contributed by atoms with van der Waals surface area (Å²) in [6.07, 6.45) is -0.142. The van der Waals surface area contributed by atoms with Crippen molar-refractivity contribution in [2.24, 2.45) is 0 Å². The normalized spacial score (nSPS) is 9.90. The van der Waals surface area contributed by atoms with Gasteiger partial charge in [-0.1, -0.05) is 11.6 Å². The van der Waals surface area contributed by atoms with Crippen LogP contribution in [0.3, 0.4) is 0 Å². The first-order valence-electron chi connectivity index (χ1n) is 5.66. The van der Waals surface area contributed by atoms with Gasteiger partial charge in [-0.2, -0.15) is 0 Å². The molecule has 108 valence electrons. The molecule has 20 heavy (non-hydrogen) atoms. The second-order valence-electron chi connectivity index (χ2n) is 3.87. The highest BCUT2D eigenvalue weighted by Gasteiger charge is 2.11. The highest BCUT2D eigenvalue weighted by atomic mass is 35.5. The Bertz CT molecular complexity index is 536. The van der Waals surface area contributed by atoms with Gasteiger partial charge in [0.2, 0.25) is 5.91 Å². The molecular weight excluding hydrogens is 291 g/mol. The highest BCUT2D eigenvalue weighted by Crippen LogP contribution is 2.22. The number of hydrogen-bond donors (Lipinski definition) is 3. The molecule has 0 spiro atoms. The summed E-state index contributed by atoms with van der Waals surface area (Å²) in [5.74, 6) is -2.23. The molecule has 0 bridgehead atoms. The first-order chi connectivity index (χ1) is 9.38. The molecule has 0 unspecified atom stereocenters. The predicted molar refractivity (Wildman–Crippen MR) is 70.1 cm³/mol. The molecule has 6 nitrogen and oxygen atoms in total. The number of imide groups is 1. The highest BCUT2D eigenvalue weighted by molar-refractivity contribution is 6.33. The van der Waals surface area contributed by atoms with Crippen LogP contribution in [0.15, 0.2) is 18.2 Å². The summed E-state index contributed by atoms with van der Waals surface area (Å²) in [4.78, 5) is 33.0. The van der Waals surface area contributed by atoms with Gasteiger partial charge >= 0.3 is 12.0 Å². The standard InChI is InChI=1S/C12H12ClFN2O4/c13-8-5-4-7(14)6-9(8)15-12(20)16-10(17)2-1-3-11(18)19/h4-6H,1-3H2,(H,18,19)(H2,15,16,17,20). The number of amides is 3. The van der Waals surface area contributed by atoms with E-state index in [4.69, 9.17) is 16.7 Å². The average molecular weight is 303 g/mol. The van der Waals surface area contributed by atoms with Crippen LogP contribution >= 0.6 is 11.6 Å². The van der Waals surface area contributed by atoms with Gasteiger partial charge < -0.3 is 10.4 Å². The summed E-state index contributed by atoms with van der Waals surface area (Å²) in [7, 11) is 0. The summed E-state index contributed by atoms with van der Waals surface area (Å²) >= 11 is 5.74. The first kappa shape index (κ1) is 15.9. The first-order valence-corrected chi connectivity index (χ1v) is 6.04. The SMILES string of the molecule is O=C(O)CCCC(=O)NC(=O)Nc1cc(F)ccc1Cl. The molecule has 3 N–H and O–H groups in total. The fourth-order valence-corrected chi connectivity index (χ4v) is 1.50. The Morgan fingerprint density at radius 1 is 1.25 bits per heavy atom. The maximum Gasteiger partial charge on any atom is 0.325 e. The number of urea groups is 1. The zero-order valence-corrected chi connectivity index (χ0v) is 11.0. The van der Waals surface area contributed by atoms with Crippen LogP contribution in [0, 0.1) is 5.82 Å². The lowest BCUT2D eigenvalue weighted by atomic mass is 10.2. The maximum atomic E-state index is 12.9. The van der Waals surface area contributed by atoms with Crippen molar-refractivity contribution in [3.05, 3.63) is 29.0 Å². The van der Waals surface area contributed by atoms with Gasteiger partial charge in [0.1, 0.15) is 5.82 Å². The summed E-state index contributed by atoms with van der Waals surface area (Å²) < 4.78 is 12.9. The zero-order chi connectivity index (χ0) is 15.1. The van der Waals surface area contributed by atoms with E-state index in [2.05, 4.69) is 5.32 Å². The number of anilines is 1. The van der Waals surface area contributed by atoms with Crippen LogP contribution in [-0.2, 0) is 9.59 Å². The topological polar surface area (TPSA) is 95.5 Å². The smallest absolute Gasteiger partial charge is 0.325 e. The molecule has 1 aromatic rings. The van der Waals surface area contributed by atoms with Crippen LogP contribution in [0.4, 0.5) is 14.9 Å². The Labute approximate surface area is 118 Å². The van der Waals surface area contributed by atoms with Crippen molar-refractivity contribution in [2.75, 3.05) is 5.32 Å².